The maximum absolute atomic E-state index is 2.70. The predicted molar refractivity (Wildman–Crippen MR) is 106 cm³/mol. The number of nitrogens with zero attached hydrogens (tertiary/aromatic N) is 2. The molecule has 130 valence electrons. The summed E-state index contributed by atoms with van der Waals surface area (Å²) in [7, 11) is 0. The molecule has 0 saturated carbocycles. The topological polar surface area (TPSA) is 6.48 Å². The quantitative estimate of drug-likeness (QED) is 0.781. The van der Waals surface area contributed by atoms with Crippen LogP contribution in [0.2, 0.25) is 0 Å². The van der Waals surface area contributed by atoms with Gasteiger partial charge in [-0.05, 0) is 23.2 Å². The molecular weight excluding hydrogens is 339 g/mol. The van der Waals surface area contributed by atoms with Gasteiger partial charge in [-0.2, -0.15) is 0 Å². The van der Waals surface area contributed by atoms with Gasteiger partial charge in [0, 0.05) is 38.1 Å². The number of rotatable bonds is 2. The van der Waals surface area contributed by atoms with Crippen LogP contribution in [0.3, 0.4) is 0 Å². The smallest absolute Gasteiger partial charge is 0.0479 e. The first-order chi connectivity index (χ1) is 10.9. The molecule has 0 N–H and O–H groups in total. The lowest BCUT2D eigenvalue weighted by Gasteiger charge is -2.47. The molecule has 4 rings (SSSR count). The minimum absolute atomic E-state index is 0. The van der Waals surface area contributed by atoms with Gasteiger partial charge in [0.15, 0.2) is 0 Å². The number of likely N-dealkylation sites (N-methyl/N-ethyl adjacent to an activating group) is 1. The highest BCUT2D eigenvalue weighted by molar-refractivity contribution is 5.85. The minimum atomic E-state index is 0. The van der Waals surface area contributed by atoms with Crippen LogP contribution in [0.25, 0.3) is 0 Å². The molecule has 1 fully saturated rings. The summed E-state index contributed by atoms with van der Waals surface area (Å²) in [6.45, 7) is 8.16. The van der Waals surface area contributed by atoms with E-state index in [2.05, 4.69) is 71.3 Å². The van der Waals surface area contributed by atoms with Gasteiger partial charge >= 0.3 is 0 Å². The van der Waals surface area contributed by atoms with Gasteiger partial charge in [0.25, 0.3) is 0 Å². The summed E-state index contributed by atoms with van der Waals surface area (Å²) >= 11 is 0. The molecule has 0 spiro atoms. The van der Waals surface area contributed by atoms with Crippen molar-refractivity contribution >= 4 is 24.8 Å². The second-order valence-electron chi connectivity index (χ2n) is 6.50. The number of hydrogen-bond acceptors (Lipinski definition) is 2. The van der Waals surface area contributed by atoms with Crippen LogP contribution in [0.1, 0.15) is 35.6 Å². The van der Waals surface area contributed by atoms with E-state index in [0.717, 1.165) is 13.1 Å². The first kappa shape index (κ1) is 19.3. The lowest BCUT2D eigenvalue weighted by atomic mass is 9.80. The number of fused-ring (bicyclic) bond motifs is 3. The highest BCUT2D eigenvalue weighted by atomic mass is 35.5. The predicted octanol–water partition coefficient (Wildman–Crippen LogP) is 4.35. The van der Waals surface area contributed by atoms with Crippen LogP contribution in [0.15, 0.2) is 54.6 Å². The van der Waals surface area contributed by atoms with Crippen LogP contribution in [0.4, 0.5) is 0 Å². The van der Waals surface area contributed by atoms with E-state index in [0.29, 0.717) is 12.0 Å². The summed E-state index contributed by atoms with van der Waals surface area (Å²) in [5.41, 5.74) is 4.53. The van der Waals surface area contributed by atoms with Crippen molar-refractivity contribution in [2.45, 2.75) is 18.9 Å². The Morgan fingerprint density at radius 1 is 0.833 bits per heavy atom. The van der Waals surface area contributed by atoms with Gasteiger partial charge in [0.2, 0.25) is 0 Å². The number of halogens is 2. The zero-order valence-electron chi connectivity index (χ0n) is 14.1. The van der Waals surface area contributed by atoms with Crippen molar-refractivity contribution < 1.29 is 0 Å². The Morgan fingerprint density at radius 3 is 2.21 bits per heavy atom. The molecule has 0 bridgehead atoms. The molecule has 2 heterocycles. The van der Waals surface area contributed by atoms with Gasteiger partial charge in [0.1, 0.15) is 0 Å². The first-order valence-corrected chi connectivity index (χ1v) is 8.47. The van der Waals surface area contributed by atoms with Crippen LogP contribution in [-0.4, -0.2) is 42.5 Å². The number of piperazine rings is 1. The van der Waals surface area contributed by atoms with E-state index < -0.39 is 0 Å². The van der Waals surface area contributed by atoms with Crippen LogP contribution in [-0.2, 0) is 0 Å². The van der Waals surface area contributed by atoms with Crippen molar-refractivity contribution in [1.82, 2.24) is 9.80 Å². The average Bonchev–Trinajstić information content (AvgIpc) is 2.61. The molecule has 2 unspecified atom stereocenters. The molecule has 1 saturated heterocycles. The molecule has 24 heavy (non-hydrogen) atoms. The summed E-state index contributed by atoms with van der Waals surface area (Å²) in [5, 5.41) is 0. The standard InChI is InChI=1S/C20H24N2.2ClH/c1-2-21-12-13-22-14-19(16-8-4-3-5-9-16)17-10-6-7-11-18(17)20(22)15-21;;/h3-11,19-20H,2,12-15H2,1H3;2*1H. The fourth-order valence-corrected chi connectivity index (χ4v) is 4.11. The van der Waals surface area contributed by atoms with Crippen molar-refractivity contribution in [1.29, 1.82) is 0 Å². The molecule has 2 aromatic carbocycles. The minimum Gasteiger partial charge on any atom is -0.300 e. The molecule has 0 amide bonds. The Kier molecular flexibility index (Phi) is 6.70. The molecular formula is C20H26Cl2N2. The number of hydrogen-bond donors (Lipinski definition) is 0. The van der Waals surface area contributed by atoms with Gasteiger partial charge in [0.05, 0.1) is 0 Å². The third kappa shape index (κ3) is 3.48. The summed E-state index contributed by atoms with van der Waals surface area (Å²) < 4.78 is 0. The number of benzene rings is 2. The van der Waals surface area contributed by atoms with Gasteiger partial charge in [-0.3, -0.25) is 4.90 Å². The van der Waals surface area contributed by atoms with E-state index in [1.54, 1.807) is 5.56 Å². The summed E-state index contributed by atoms with van der Waals surface area (Å²) in [5.74, 6) is 0.516. The SMILES string of the molecule is CCN1CCN2CC(c3ccccc3)c3ccccc3C2C1.Cl.Cl. The molecule has 0 radical (unpaired) electrons. The molecule has 2 aliphatic rings. The Balaban J connectivity index is 0.00000104. The maximum Gasteiger partial charge on any atom is 0.0479 e. The third-order valence-electron chi connectivity index (χ3n) is 5.37. The Morgan fingerprint density at radius 2 is 1.50 bits per heavy atom. The van der Waals surface area contributed by atoms with Crippen molar-refractivity contribution in [2.24, 2.45) is 0 Å². The van der Waals surface area contributed by atoms with Gasteiger partial charge in [-0.15, -0.1) is 24.8 Å². The lowest BCUT2D eigenvalue weighted by Crippen LogP contribution is -2.51. The van der Waals surface area contributed by atoms with E-state index in [4.69, 9.17) is 0 Å². The maximum atomic E-state index is 2.70. The van der Waals surface area contributed by atoms with E-state index >= 15 is 0 Å². The fraction of sp³-hybridized carbons (Fsp3) is 0.400. The molecule has 0 aliphatic carbocycles. The zero-order valence-corrected chi connectivity index (χ0v) is 15.7. The normalized spacial score (nSPS) is 23.4. The fourth-order valence-electron chi connectivity index (χ4n) is 4.11. The summed E-state index contributed by atoms with van der Waals surface area (Å²) in [4.78, 5) is 5.28. The van der Waals surface area contributed by atoms with Gasteiger partial charge < -0.3 is 4.90 Å². The Hall–Kier alpha value is -1.06. The van der Waals surface area contributed by atoms with E-state index in [1.807, 2.05) is 0 Å². The largest absolute Gasteiger partial charge is 0.300 e. The first-order valence-electron chi connectivity index (χ1n) is 8.47. The Bertz CT molecular complexity index is 647. The van der Waals surface area contributed by atoms with Crippen LogP contribution < -0.4 is 0 Å². The second-order valence-corrected chi connectivity index (χ2v) is 6.50. The highest BCUT2D eigenvalue weighted by Gasteiger charge is 2.36. The van der Waals surface area contributed by atoms with Crippen molar-refractivity contribution in [3.8, 4) is 0 Å². The monoisotopic (exact) mass is 364 g/mol. The molecule has 2 aliphatic heterocycles. The molecule has 2 nitrogen and oxygen atoms in total. The zero-order chi connectivity index (χ0) is 14.9. The summed E-state index contributed by atoms with van der Waals surface area (Å²) in [6, 6.07) is 20.7. The third-order valence-corrected chi connectivity index (χ3v) is 5.37. The van der Waals surface area contributed by atoms with Crippen LogP contribution in [0.5, 0.6) is 0 Å². The molecule has 0 aromatic heterocycles. The van der Waals surface area contributed by atoms with Crippen LogP contribution in [0, 0.1) is 0 Å². The summed E-state index contributed by atoms with van der Waals surface area (Å²) in [6.07, 6.45) is 0. The second kappa shape index (κ2) is 8.35. The van der Waals surface area contributed by atoms with Crippen molar-refractivity contribution in [3.63, 3.8) is 0 Å². The van der Waals surface area contributed by atoms with E-state index in [9.17, 15) is 0 Å². The molecule has 4 heteroatoms. The molecule has 2 atom stereocenters. The van der Waals surface area contributed by atoms with Crippen molar-refractivity contribution in [3.05, 3.63) is 71.3 Å². The van der Waals surface area contributed by atoms with E-state index in [-0.39, 0.29) is 24.8 Å². The molecule has 2 aromatic rings. The highest BCUT2D eigenvalue weighted by Crippen LogP contribution is 2.40. The van der Waals surface area contributed by atoms with Crippen molar-refractivity contribution in [2.75, 3.05) is 32.7 Å². The van der Waals surface area contributed by atoms with Gasteiger partial charge in [-0.25, -0.2) is 0 Å². The Labute approximate surface area is 157 Å². The average molecular weight is 365 g/mol. The van der Waals surface area contributed by atoms with Crippen LogP contribution >= 0.6 is 24.8 Å². The lowest BCUT2D eigenvalue weighted by molar-refractivity contribution is 0.0658. The van der Waals surface area contributed by atoms with E-state index in [1.165, 1.54) is 30.8 Å². The van der Waals surface area contributed by atoms with Gasteiger partial charge in [-0.1, -0.05) is 61.5 Å².